The first-order valence-corrected chi connectivity index (χ1v) is 3.30. The molecule has 60 valence electrons. The Morgan fingerprint density at radius 2 is 1.91 bits per heavy atom. The average molecular weight is 154 g/mol. The van der Waals surface area contributed by atoms with Crippen LogP contribution in [0.3, 0.4) is 0 Å². The molecule has 1 N–H and O–H groups in total. The third-order valence-electron chi connectivity index (χ3n) is 1.84. The highest BCUT2D eigenvalue weighted by atomic mass is 16.5. The zero-order valence-electron chi connectivity index (χ0n) is 6.75. The summed E-state index contributed by atoms with van der Waals surface area (Å²) in [4.78, 5) is 3.64. The van der Waals surface area contributed by atoms with Gasteiger partial charge in [0.2, 0.25) is 0 Å². The molecule has 1 rings (SSSR count). The zero-order valence-corrected chi connectivity index (χ0v) is 6.75. The van der Waals surface area contributed by atoms with Crippen LogP contribution in [0.25, 0.3) is 0 Å². The van der Waals surface area contributed by atoms with Crippen LogP contribution >= 0.6 is 0 Å². The Labute approximate surface area is 64.7 Å². The second-order valence-corrected chi connectivity index (χ2v) is 2.50. The average Bonchev–Trinajstić information content (AvgIpc) is 1.97. The van der Waals surface area contributed by atoms with Crippen molar-refractivity contribution in [3.63, 3.8) is 0 Å². The Kier molecular flexibility index (Phi) is 1.68. The third kappa shape index (κ3) is 1.11. The molecule has 1 aromatic heterocycles. The molecule has 0 saturated carbocycles. The monoisotopic (exact) mass is 154 g/mol. The van der Waals surface area contributed by atoms with Crippen LogP contribution in [0.2, 0.25) is 0 Å². The summed E-state index contributed by atoms with van der Waals surface area (Å²) in [6.45, 7) is 5.20. The van der Waals surface area contributed by atoms with Gasteiger partial charge in [-0.25, -0.2) is 0 Å². The van der Waals surface area contributed by atoms with Gasteiger partial charge in [-0.15, -0.1) is 0 Å². The van der Waals surface area contributed by atoms with Crippen molar-refractivity contribution >= 4 is 0 Å². The van der Waals surface area contributed by atoms with E-state index in [1.54, 1.807) is 20.8 Å². The molecule has 11 heavy (non-hydrogen) atoms. The van der Waals surface area contributed by atoms with E-state index in [-0.39, 0.29) is 0 Å². The van der Waals surface area contributed by atoms with Crippen molar-refractivity contribution in [3.05, 3.63) is 22.2 Å². The van der Waals surface area contributed by atoms with Gasteiger partial charge in [0.05, 0.1) is 0 Å². The van der Waals surface area contributed by atoms with Gasteiger partial charge in [0.15, 0.2) is 5.69 Å². The predicted molar refractivity (Wildman–Crippen MR) is 39.1 cm³/mol. The minimum Gasteiger partial charge on any atom is -0.708 e. The lowest BCUT2D eigenvalue weighted by molar-refractivity contribution is -0.624. The van der Waals surface area contributed by atoms with Gasteiger partial charge in [-0.3, -0.25) is 0 Å². The Balaban J connectivity index is 3.46. The SMILES string of the molecule is Cc1nc(O)[n+]([O-])c(C)c1C. The molecule has 0 spiro atoms. The second kappa shape index (κ2) is 2.38. The molecule has 0 aliphatic heterocycles. The van der Waals surface area contributed by atoms with Crippen molar-refractivity contribution < 1.29 is 9.84 Å². The van der Waals surface area contributed by atoms with E-state index < -0.39 is 6.01 Å². The van der Waals surface area contributed by atoms with Gasteiger partial charge in [-0.2, -0.15) is 4.73 Å². The standard InChI is InChI=1S/C7H10N2O2/c1-4-5(2)8-7(10)9(11)6(4)3/h1-3H3,(H,8,10). The highest BCUT2D eigenvalue weighted by Gasteiger charge is 2.13. The summed E-state index contributed by atoms with van der Waals surface area (Å²) < 4.78 is 0.419. The molecule has 0 aliphatic rings. The Bertz CT molecular complexity index is 271. The molecule has 0 amide bonds. The van der Waals surface area contributed by atoms with E-state index in [0.717, 1.165) is 5.56 Å². The van der Waals surface area contributed by atoms with Crippen LogP contribution in [-0.4, -0.2) is 10.1 Å². The fourth-order valence-corrected chi connectivity index (χ4v) is 0.843. The molecule has 0 aliphatic carbocycles. The van der Waals surface area contributed by atoms with Crippen LogP contribution < -0.4 is 4.73 Å². The summed E-state index contributed by atoms with van der Waals surface area (Å²) in [7, 11) is 0. The van der Waals surface area contributed by atoms with E-state index >= 15 is 0 Å². The van der Waals surface area contributed by atoms with Crippen molar-refractivity contribution in [2.75, 3.05) is 0 Å². The number of aromatic hydroxyl groups is 1. The molecular formula is C7H10N2O2. The minimum atomic E-state index is -0.481. The topological polar surface area (TPSA) is 60.1 Å². The van der Waals surface area contributed by atoms with Gasteiger partial charge in [-0.05, 0) is 18.8 Å². The van der Waals surface area contributed by atoms with Crippen molar-refractivity contribution in [2.45, 2.75) is 20.8 Å². The molecule has 1 heterocycles. The second-order valence-electron chi connectivity index (χ2n) is 2.50. The lowest BCUT2D eigenvalue weighted by atomic mass is 10.2. The molecule has 4 heteroatoms. The lowest BCUT2D eigenvalue weighted by Gasteiger charge is -2.07. The highest BCUT2D eigenvalue weighted by molar-refractivity contribution is 5.18. The number of rotatable bonds is 0. The summed E-state index contributed by atoms with van der Waals surface area (Å²) in [5.74, 6) is 0. The molecule has 0 saturated heterocycles. The van der Waals surface area contributed by atoms with Crippen molar-refractivity contribution in [2.24, 2.45) is 0 Å². The highest BCUT2D eigenvalue weighted by Crippen LogP contribution is 2.08. The molecule has 1 aromatic rings. The molecular weight excluding hydrogens is 144 g/mol. The van der Waals surface area contributed by atoms with Gasteiger partial charge in [0.25, 0.3) is 0 Å². The number of hydrogen-bond acceptors (Lipinski definition) is 3. The maximum atomic E-state index is 10.9. The molecule has 0 unspecified atom stereocenters. The molecule has 0 bridgehead atoms. The Morgan fingerprint density at radius 1 is 1.36 bits per heavy atom. The lowest BCUT2D eigenvalue weighted by Crippen LogP contribution is -2.32. The number of aromatic nitrogens is 2. The van der Waals surface area contributed by atoms with E-state index in [0.29, 0.717) is 16.1 Å². The van der Waals surface area contributed by atoms with Crippen LogP contribution in [0.5, 0.6) is 6.01 Å². The van der Waals surface area contributed by atoms with Gasteiger partial charge in [0.1, 0.15) is 5.69 Å². The number of aryl methyl sites for hydroxylation is 1. The van der Waals surface area contributed by atoms with E-state index in [2.05, 4.69) is 4.98 Å². The molecule has 0 atom stereocenters. The van der Waals surface area contributed by atoms with Crippen molar-refractivity contribution in [1.82, 2.24) is 4.98 Å². The normalized spacial score (nSPS) is 10.1. The van der Waals surface area contributed by atoms with Crippen LogP contribution in [-0.2, 0) is 0 Å². The van der Waals surface area contributed by atoms with Gasteiger partial charge in [0, 0.05) is 12.5 Å². The molecule has 4 nitrogen and oxygen atoms in total. The predicted octanol–water partition coefficient (Wildman–Crippen LogP) is 0.346. The third-order valence-corrected chi connectivity index (χ3v) is 1.84. The van der Waals surface area contributed by atoms with E-state index in [4.69, 9.17) is 5.11 Å². The Morgan fingerprint density at radius 3 is 2.45 bits per heavy atom. The van der Waals surface area contributed by atoms with Gasteiger partial charge < -0.3 is 10.3 Å². The van der Waals surface area contributed by atoms with Crippen LogP contribution in [0.4, 0.5) is 0 Å². The van der Waals surface area contributed by atoms with Crippen LogP contribution in [0.15, 0.2) is 0 Å². The summed E-state index contributed by atoms with van der Waals surface area (Å²) in [5, 5.41) is 19.9. The van der Waals surface area contributed by atoms with Crippen molar-refractivity contribution in [3.8, 4) is 6.01 Å². The largest absolute Gasteiger partial charge is 0.708 e. The van der Waals surface area contributed by atoms with Crippen LogP contribution in [0, 0.1) is 26.0 Å². The quantitative estimate of drug-likeness (QED) is 0.433. The fraction of sp³-hybridized carbons (Fsp3) is 0.429. The zero-order chi connectivity index (χ0) is 8.59. The molecule has 0 aromatic carbocycles. The number of nitrogens with zero attached hydrogens (tertiary/aromatic N) is 2. The molecule has 0 radical (unpaired) electrons. The van der Waals surface area contributed by atoms with E-state index in [9.17, 15) is 5.21 Å². The van der Waals surface area contributed by atoms with E-state index in [1.807, 2.05) is 0 Å². The first kappa shape index (κ1) is 7.78. The minimum absolute atomic E-state index is 0.419. The van der Waals surface area contributed by atoms with Gasteiger partial charge >= 0.3 is 6.01 Å². The van der Waals surface area contributed by atoms with Crippen molar-refractivity contribution in [1.29, 1.82) is 0 Å². The summed E-state index contributed by atoms with van der Waals surface area (Å²) >= 11 is 0. The smallest absolute Gasteiger partial charge is 0.499 e. The number of hydrogen-bond donors (Lipinski definition) is 1. The Hall–Kier alpha value is -1.32. The van der Waals surface area contributed by atoms with Gasteiger partial charge in [-0.1, -0.05) is 0 Å². The molecule has 0 fully saturated rings. The first-order valence-electron chi connectivity index (χ1n) is 3.30. The fourth-order valence-electron chi connectivity index (χ4n) is 0.843. The summed E-state index contributed by atoms with van der Waals surface area (Å²) in [5.41, 5.74) is 2.00. The maximum absolute atomic E-state index is 10.9. The van der Waals surface area contributed by atoms with E-state index in [1.165, 1.54) is 0 Å². The summed E-state index contributed by atoms with van der Waals surface area (Å²) in [6.07, 6.45) is 0. The van der Waals surface area contributed by atoms with Crippen LogP contribution in [0.1, 0.15) is 17.0 Å². The maximum Gasteiger partial charge on any atom is 0.499 e. The first-order chi connectivity index (χ1) is 5.04. The summed E-state index contributed by atoms with van der Waals surface area (Å²) in [6, 6.07) is -0.481.